The zero-order valence-electron chi connectivity index (χ0n) is 11.1. The molecule has 0 saturated carbocycles. The lowest BCUT2D eigenvalue weighted by Crippen LogP contribution is -2.04. The first kappa shape index (κ1) is 13.9. The predicted molar refractivity (Wildman–Crippen MR) is 78.3 cm³/mol. The van der Waals surface area contributed by atoms with Crippen molar-refractivity contribution < 1.29 is 14.6 Å². The smallest absolute Gasteiger partial charge is 0.303 e. The molecular weight excluding hydrogens is 254 g/mol. The van der Waals surface area contributed by atoms with Crippen molar-refractivity contribution in [2.24, 2.45) is 0 Å². The van der Waals surface area contributed by atoms with Crippen molar-refractivity contribution in [2.75, 3.05) is 11.9 Å². The monoisotopic (exact) mass is 271 g/mol. The molecule has 2 aromatic carbocycles. The molecule has 20 heavy (non-hydrogen) atoms. The summed E-state index contributed by atoms with van der Waals surface area (Å²) in [6, 6.07) is 17.2. The van der Waals surface area contributed by atoms with E-state index >= 15 is 0 Å². The molecule has 0 saturated heterocycles. The Hall–Kier alpha value is -2.49. The molecule has 0 bridgehead atoms. The molecule has 0 amide bonds. The molecule has 4 heteroatoms. The molecule has 0 fully saturated rings. The number of aliphatic carboxylic acids is 1. The van der Waals surface area contributed by atoms with E-state index in [9.17, 15) is 4.79 Å². The number of hydrogen-bond acceptors (Lipinski definition) is 3. The largest absolute Gasteiger partial charge is 0.481 e. The Kier molecular flexibility index (Phi) is 5.00. The minimum atomic E-state index is -0.770. The van der Waals surface area contributed by atoms with Crippen LogP contribution >= 0.6 is 0 Å². The van der Waals surface area contributed by atoms with Crippen molar-refractivity contribution >= 4 is 11.7 Å². The summed E-state index contributed by atoms with van der Waals surface area (Å²) < 4.78 is 5.73. The number of carboxylic acid groups (broad SMARTS) is 1. The molecule has 2 N–H and O–H groups in total. The molecule has 0 heterocycles. The van der Waals surface area contributed by atoms with E-state index in [0.717, 1.165) is 17.2 Å². The van der Waals surface area contributed by atoms with Crippen LogP contribution in [0.2, 0.25) is 0 Å². The topological polar surface area (TPSA) is 58.6 Å². The number of carbonyl (C=O) groups is 1. The van der Waals surface area contributed by atoms with E-state index in [1.54, 1.807) is 0 Å². The number of rotatable bonds is 7. The van der Waals surface area contributed by atoms with E-state index in [1.165, 1.54) is 0 Å². The Morgan fingerprint density at radius 3 is 2.55 bits per heavy atom. The molecule has 4 nitrogen and oxygen atoms in total. The summed E-state index contributed by atoms with van der Waals surface area (Å²) in [6.07, 6.45) is 0.770. The Morgan fingerprint density at radius 1 is 1.05 bits per heavy atom. The molecule has 0 atom stereocenters. The van der Waals surface area contributed by atoms with Crippen LogP contribution in [0.4, 0.5) is 5.69 Å². The molecule has 0 aliphatic heterocycles. The fourth-order valence-electron chi connectivity index (χ4n) is 1.77. The first-order valence-corrected chi connectivity index (χ1v) is 6.53. The minimum absolute atomic E-state index is 0.174. The lowest BCUT2D eigenvalue weighted by atomic mass is 10.2. The first-order chi connectivity index (χ1) is 9.74. The predicted octanol–water partition coefficient (Wildman–Crippen LogP) is 3.76. The number of ether oxygens (including phenoxy) is 1. The van der Waals surface area contributed by atoms with Gasteiger partial charge in [-0.15, -0.1) is 0 Å². The highest BCUT2D eigenvalue weighted by Crippen LogP contribution is 2.23. The van der Waals surface area contributed by atoms with Crippen LogP contribution in [0, 0.1) is 0 Å². The number of anilines is 1. The van der Waals surface area contributed by atoms with Crippen molar-refractivity contribution in [1.29, 1.82) is 0 Å². The maximum Gasteiger partial charge on any atom is 0.303 e. The average Bonchev–Trinajstić information content (AvgIpc) is 2.45. The highest BCUT2D eigenvalue weighted by atomic mass is 16.5. The first-order valence-electron chi connectivity index (χ1n) is 6.53. The van der Waals surface area contributed by atoms with Crippen LogP contribution in [0.25, 0.3) is 0 Å². The van der Waals surface area contributed by atoms with Crippen molar-refractivity contribution in [1.82, 2.24) is 0 Å². The van der Waals surface area contributed by atoms with Crippen molar-refractivity contribution in [3.05, 3.63) is 54.6 Å². The van der Waals surface area contributed by atoms with Crippen LogP contribution in [0.3, 0.4) is 0 Å². The quantitative estimate of drug-likeness (QED) is 0.753. The van der Waals surface area contributed by atoms with Gasteiger partial charge in [-0.05, 0) is 30.7 Å². The van der Waals surface area contributed by atoms with E-state index in [1.807, 2.05) is 54.6 Å². The van der Waals surface area contributed by atoms with Crippen molar-refractivity contribution in [3.8, 4) is 11.5 Å². The summed E-state index contributed by atoms with van der Waals surface area (Å²) in [6.45, 7) is 0.626. The summed E-state index contributed by atoms with van der Waals surface area (Å²) in [5.74, 6) is 0.767. The Bertz CT molecular complexity index is 555. The highest BCUT2D eigenvalue weighted by molar-refractivity contribution is 5.66. The maximum atomic E-state index is 10.4. The van der Waals surface area contributed by atoms with Crippen LogP contribution in [-0.2, 0) is 4.79 Å². The Morgan fingerprint density at radius 2 is 1.80 bits per heavy atom. The molecule has 0 aliphatic rings. The summed E-state index contributed by atoms with van der Waals surface area (Å²) >= 11 is 0. The number of carboxylic acids is 1. The van der Waals surface area contributed by atoms with E-state index in [-0.39, 0.29) is 6.42 Å². The van der Waals surface area contributed by atoms with Gasteiger partial charge in [0.2, 0.25) is 0 Å². The molecule has 0 aromatic heterocycles. The zero-order valence-corrected chi connectivity index (χ0v) is 11.1. The Balaban J connectivity index is 1.89. The van der Waals surface area contributed by atoms with E-state index in [2.05, 4.69) is 5.32 Å². The standard InChI is InChI=1S/C16H17NO3/c18-16(19)10-5-11-17-13-6-4-9-15(12-13)20-14-7-2-1-3-8-14/h1-4,6-9,12,17H,5,10-11H2,(H,18,19). The minimum Gasteiger partial charge on any atom is -0.481 e. The summed E-state index contributed by atoms with van der Waals surface area (Å²) in [7, 11) is 0. The van der Waals surface area contributed by atoms with Crippen LogP contribution < -0.4 is 10.1 Å². The fraction of sp³-hybridized carbons (Fsp3) is 0.188. The van der Waals surface area contributed by atoms with Gasteiger partial charge in [0, 0.05) is 24.7 Å². The van der Waals surface area contributed by atoms with Crippen molar-refractivity contribution in [2.45, 2.75) is 12.8 Å². The number of nitrogens with one attached hydrogen (secondary N) is 1. The molecule has 0 radical (unpaired) electrons. The third-order valence-corrected chi connectivity index (χ3v) is 2.71. The van der Waals surface area contributed by atoms with Crippen LogP contribution in [0.5, 0.6) is 11.5 Å². The highest BCUT2D eigenvalue weighted by Gasteiger charge is 2.00. The molecule has 0 spiro atoms. The lowest BCUT2D eigenvalue weighted by molar-refractivity contribution is -0.137. The lowest BCUT2D eigenvalue weighted by Gasteiger charge is -2.09. The van der Waals surface area contributed by atoms with Crippen LogP contribution in [0.1, 0.15) is 12.8 Å². The molecule has 0 unspecified atom stereocenters. The summed E-state index contributed by atoms with van der Waals surface area (Å²) in [5, 5.41) is 11.8. The third kappa shape index (κ3) is 4.65. The van der Waals surface area contributed by atoms with Gasteiger partial charge in [0.15, 0.2) is 0 Å². The SMILES string of the molecule is O=C(O)CCCNc1cccc(Oc2ccccc2)c1. The van der Waals surface area contributed by atoms with E-state index in [0.29, 0.717) is 13.0 Å². The van der Waals surface area contributed by atoms with Crippen molar-refractivity contribution in [3.63, 3.8) is 0 Å². The zero-order chi connectivity index (χ0) is 14.2. The van der Waals surface area contributed by atoms with Gasteiger partial charge in [0.25, 0.3) is 0 Å². The van der Waals surface area contributed by atoms with Gasteiger partial charge in [-0.25, -0.2) is 0 Å². The second-order valence-corrected chi connectivity index (χ2v) is 4.37. The Labute approximate surface area is 118 Å². The molecular formula is C16H17NO3. The van der Waals surface area contributed by atoms with E-state index < -0.39 is 5.97 Å². The molecule has 0 aliphatic carbocycles. The average molecular weight is 271 g/mol. The molecule has 2 rings (SSSR count). The molecule has 104 valence electrons. The normalized spacial score (nSPS) is 10.0. The van der Waals surface area contributed by atoms with Gasteiger partial charge in [0.05, 0.1) is 0 Å². The van der Waals surface area contributed by atoms with Crippen LogP contribution in [-0.4, -0.2) is 17.6 Å². The summed E-state index contributed by atoms with van der Waals surface area (Å²) in [5.41, 5.74) is 0.920. The second kappa shape index (κ2) is 7.19. The summed E-state index contributed by atoms with van der Waals surface area (Å²) in [4.78, 5) is 10.4. The number of hydrogen-bond donors (Lipinski definition) is 2. The maximum absolute atomic E-state index is 10.4. The number of benzene rings is 2. The van der Waals surface area contributed by atoms with E-state index in [4.69, 9.17) is 9.84 Å². The van der Waals surface area contributed by atoms with Gasteiger partial charge in [-0.3, -0.25) is 4.79 Å². The third-order valence-electron chi connectivity index (χ3n) is 2.71. The van der Waals surface area contributed by atoms with Gasteiger partial charge >= 0.3 is 5.97 Å². The van der Waals surface area contributed by atoms with Gasteiger partial charge in [-0.2, -0.15) is 0 Å². The van der Waals surface area contributed by atoms with Gasteiger partial charge < -0.3 is 15.2 Å². The van der Waals surface area contributed by atoms with Crippen LogP contribution in [0.15, 0.2) is 54.6 Å². The van der Waals surface area contributed by atoms with Gasteiger partial charge in [-0.1, -0.05) is 24.3 Å². The second-order valence-electron chi connectivity index (χ2n) is 4.37. The van der Waals surface area contributed by atoms with Gasteiger partial charge in [0.1, 0.15) is 11.5 Å². The fourth-order valence-corrected chi connectivity index (χ4v) is 1.77. The number of para-hydroxylation sites is 1. The molecule has 2 aromatic rings.